The van der Waals surface area contributed by atoms with Crippen LogP contribution in [0.4, 0.5) is 10.5 Å². The molecule has 3 N–H and O–H groups in total. The highest BCUT2D eigenvalue weighted by Crippen LogP contribution is 2.20. The molecule has 1 unspecified atom stereocenters. The molecule has 3 aromatic rings. The molecule has 1 aromatic heterocycles. The average molecular weight is 472 g/mol. The minimum atomic E-state index is -0.187. The van der Waals surface area contributed by atoms with E-state index in [1.165, 1.54) is 5.56 Å². The summed E-state index contributed by atoms with van der Waals surface area (Å²) in [7, 11) is 0. The number of para-hydroxylation sites is 1. The maximum Gasteiger partial charge on any atom is 0.319 e. The summed E-state index contributed by atoms with van der Waals surface area (Å²) >= 11 is 0. The molecule has 0 saturated carbocycles. The van der Waals surface area contributed by atoms with Gasteiger partial charge in [-0.1, -0.05) is 54.6 Å². The van der Waals surface area contributed by atoms with Crippen LogP contribution in [0, 0.1) is 0 Å². The van der Waals surface area contributed by atoms with Gasteiger partial charge < -0.3 is 16.0 Å². The van der Waals surface area contributed by atoms with Crippen molar-refractivity contribution in [1.82, 2.24) is 20.5 Å². The quantitative estimate of drug-likeness (QED) is 0.443. The normalized spacial score (nSPS) is 15.2. The standard InChI is InChI=1S/C28H33N5O2/c34-27(30-20-24(23-9-3-1-4-10-23)18-22-8-7-15-29-19-22)21-33-16-13-26(14-17-33)32-28(35)31-25-11-5-2-6-12-25/h1-12,15,19,24,26H,13-14,16-18,20-21H2,(H,30,34)(H2,31,32,35). The molecule has 7 nitrogen and oxygen atoms in total. The fourth-order valence-electron chi connectivity index (χ4n) is 4.44. The molecule has 1 aliphatic rings. The van der Waals surface area contributed by atoms with Gasteiger partial charge >= 0.3 is 6.03 Å². The van der Waals surface area contributed by atoms with Crippen LogP contribution in [-0.2, 0) is 11.2 Å². The zero-order chi connectivity index (χ0) is 24.3. The van der Waals surface area contributed by atoms with Crippen LogP contribution < -0.4 is 16.0 Å². The lowest BCUT2D eigenvalue weighted by atomic mass is 9.92. The Morgan fingerprint density at radius 3 is 2.34 bits per heavy atom. The average Bonchev–Trinajstić information content (AvgIpc) is 2.89. The minimum absolute atomic E-state index is 0.0327. The molecule has 35 heavy (non-hydrogen) atoms. The maximum atomic E-state index is 12.7. The van der Waals surface area contributed by atoms with E-state index in [4.69, 9.17) is 0 Å². The van der Waals surface area contributed by atoms with Crippen LogP contribution in [0.3, 0.4) is 0 Å². The van der Waals surface area contributed by atoms with Gasteiger partial charge in [-0.3, -0.25) is 14.7 Å². The van der Waals surface area contributed by atoms with Crippen molar-refractivity contribution in [2.45, 2.75) is 31.2 Å². The maximum absolute atomic E-state index is 12.7. The van der Waals surface area contributed by atoms with Gasteiger partial charge in [0, 0.05) is 49.7 Å². The number of aromatic nitrogens is 1. The number of piperidine rings is 1. The smallest absolute Gasteiger partial charge is 0.319 e. The molecule has 0 aliphatic carbocycles. The monoisotopic (exact) mass is 471 g/mol. The number of hydrogen-bond donors (Lipinski definition) is 3. The second-order valence-corrected chi connectivity index (χ2v) is 8.99. The summed E-state index contributed by atoms with van der Waals surface area (Å²) in [5.41, 5.74) is 3.13. The van der Waals surface area contributed by atoms with E-state index in [0.29, 0.717) is 13.1 Å². The number of urea groups is 1. The molecule has 0 radical (unpaired) electrons. The number of amides is 3. The number of benzene rings is 2. The van der Waals surface area contributed by atoms with Gasteiger partial charge in [0.1, 0.15) is 0 Å². The molecular formula is C28H33N5O2. The Bertz CT molecular complexity index is 1050. The Labute approximate surface area is 207 Å². The number of carbonyl (C=O) groups excluding carboxylic acids is 2. The van der Waals surface area contributed by atoms with Crippen LogP contribution in [0.15, 0.2) is 85.2 Å². The van der Waals surface area contributed by atoms with E-state index >= 15 is 0 Å². The van der Waals surface area contributed by atoms with Crippen molar-refractivity contribution in [3.8, 4) is 0 Å². The fourth-order valence-corrected chi connectivity index (χ4v) is 4.44. The Morgan fingerprint density at radius 1 is 0.943 bits per heavy atom. The topological polar surface area (TPSA) is 86.4 Å². The molecule has 1 aliphatic heterocycles. The second-order valence-electron chi connectivity index (χ2n) is 8.99. The molecule has 0 spiro atoms. The third kappa shape index (κ3) is 7.93. The van der Waals surface area contributed by atoms with E-state index in [1.807, 2.05) is 60.8 Å². The van der Waals surface area contributed by atoms with E-state index < -0.39 is 0 Å². The van der Waals surface area contributed by atoms with Crippen LogP contribution in [0.5, 0.6) is 0 Å². The first-order chi connectivity index (χ1) is 17.2. The number of anilines is 1. The molecule has 0 bridgehead atoms. The lowest BCUT2D eigenvalue weighted by Crippen LogP contribution is -2.48. The van der Waals surface area contributed by atoms with Crippen molar-refractivity contribution in [3.05, 3.63) is 96.3 Å². The Hall–Kier alpha value is -3.71. The number of nitrogens with zero attached hydrogens (tertiary/aromatic N) is 2. The van der Waals surface area contributed by atoms with Gasteiger partial charge in [-0.25, -0.2) is 4.79 Å². The SMILES string of the molecule is O=C(CN1CCC(NC(=O)Nc2ccccc2)CC1)NCC(Cc1cccnc1)c1ccccc1. The van der Waals surface area contributed by atoms with Gasteiger partial charge in [0.2, 0.25) is 5.91 Å². The largest absolute Gasteiger partial charge is 0.354 e. The third-order valence-electron chi connectivity index (χ3n) is 6.34. The first-order valence-electron chi connectivity index (χ1n) is 12.2. The summed E-state index contributed by atoms with van der Waals surface area (Å²) in [6, 6.07) is 23.6. The van der Waals surface area contributed by atoms with Gasteiger partial charge in [0.15, 0.2) is 0 Å². The fraction of sp³-hybridized carbons (Fsp3) is 0.321. The van der Waals surface area contributed by atoms with Gasteiger partial charge in [-0.2, -0.15) is 0 Å². The third-order valence-corrected chi connectivity index (χ3v) is 6.34. The number of likely N-dealkylation sites (tertiary alicyclic amines) is 1. The molecule has 2 heterocycles. The van der Waals surface area contributed by atoms with Gasteiger partial charge in [-0.05, 0) is 48.6 Å². The zero-order valence-corrected chi connectivity index (χ0v) is 19.9. The highest BCUT2D eigenvalue weighted by atomic mass is 16.2. The van der Waals surface area contributed by atoms with Crippen molar-refractivity contribution in [2.24, 2.45) is 0 Å². The Morgan fingerprint density at radius 2 is 1.66 bits per heavy atom. The van der Waals surface area contributed by atoms with E-state index in [-0.39, 0.29) is 23.9 Å². The molecule has 1 saturated heterocycles. The summed E-state index contributed by atoms with van der Waals surface area (Å²) in [4.78, 5) is 31.3. The molecule has 7 heteroatoms. The van der Waals surface area contributed by atoms with Crippen molar-refractivity contribution in [2.75, 3.05) is 31.5 Å². The number of nitrogens with one attached hydrogen (secondary N) is 3. The highest BCUT2D eigenvalue weighted by molar-refractivity contribution is 5.89. The number of hydrogen-bond acceptors (Lipinski definition) is 4. The minimum Gasteiger partial charge on any atom is -0.354 e. The summed E-state index contributed by atoms with van der Waals surface area (Å²) in [5, 5.41) is 9.04. The first-order valence-corrected chi connectivity index (χ1v) is 12.2. The number of pyridine rings is 1. The first kappa shape index (κ1) is 24.4. The zero-order valence-electron chi connectivity index (χ0n) is 19.9. The molecule has 182 valence electrons. The molecule has 4 rings (SSSR count). The highest BCUT2D eigenvalue weighted by Gasteiger charge is 2.22. The van der Waals surface area contributed by atoms with Crippen molar-refractivity contribution < 1.29 is 9.59 Å². The molecule has 2 aromatic carbocycles. The Balaban J connectivity index is 1.20. The molecule has 3 amide bonds. The van der Waals surface area contributed by atoms with Crippen LogP contribution in [0.2, 0.25) is 0 Å². The summed E-state index contributed by atoms with van der Waals surface area (Å²) in [6.45, 7) is 2.51. The molecular weight excluding hydrogens is 438 g/mol. The van der Waals surface area contributed by atoms with Gasteiger partial charge in [0.25, 0.3) is 0 Å². The predicted octanol–water partition coefficient (Wildman–Crippen LogP) is 3.81. The summed E-state index contributed by atoms with van der Waals surface area (Å²) in [6.07, 6.45) is 6.12. The van der Waals surface area contributed by atoms with Crippen molar-refractivity contribution in [1.29, 1.82) is 0 Å². The molecule has 1 fully saturated rings. The lowest BCUT2D eigenvalue weighted by molar-refractivity contribution is -0.122. The number of rotatable bonds is 9. The van der Waals surface area contributed by atoms with Crippen LogP contribution in [0.1, 0.15) is 29.9 Å². The van der Waals surface area contributed by atoms with E-state index in [2.05, 4.69) is 44.0 Å². The van der Waals surface area contributed by atoms with E-state index in [0.717, 1.165) is 43.6 Å². The predicted molar refractivity (Wildman–Crippen MR) is 138 cm³/mol. The van der Waals surface area contributed by atoms with Crippen molar-refractivity contribution >= 4 is 17.6 Å². The van der Waals surface area contributed by atoms with Gasteiger partial charge in [0.05, 0.1) is 6.54 Å². The summed E-state index contributed by atoms with van der Waals surface area (Å²) in [5.74, 6) is 0.216. The Kier molecular flexibility index (Phi) is 8.84. The van der Waals surface area contributed by atoms with Crippen molar-refractivity contribution in [3.63, 3.8) is 0 Å². The van der Waals surface area contributed by atoms with Crippen LogP contribution in [0.25, 0.3) is 0 Å². The van der Waals surface area contributed by atoms with E-state index in [9.17, 15) is 9.59 Å². The van der Waals surface area contributed by atoms with Gasteiger partial charge in [-0.15, -0.1) is 0 Å². The lowest BCUT2D eigenvalue weighted by Gasteiger charge is -2.32. The number of carbonyl (C=O) groups is 2. The molecule has 1 atom stereocenters. The van der Waals surface area contributed by atoms with E-state index in [1.54, 1.807) is 6.20 Å². The van der Waals surface area contributed by atoms with Crippen LogP contribution >= 0.6 is 0 Å². The van der Waals surface area contributed by atoms with Crippen LogP contribution in [-0.4, -0.2) is 54.0 Å². The summed E-state index contributed by atoms with van der Waals surface area (Å²) < 4.78 is 0. The second kappa shape index (κ2) is 12.7.